The van der Waals surface area contributed by atoms with Crippen LogP contribution in [0.2, 0.25) is 0 Å². The summed E-state index contributed by atoms with van der Waals surface area (Å²) < 4.78 is 0. The number of fused-ring (bicyclic) bond motifs is 1. The van der Waals surface area contributed by atoms with E-state index in [9.17, 15) is 19.8 Å². The van der Waals surface area contributed by atoms with E-state index in [1.807, 2.05) is 0 Å². The van der Waals surface area contributed by atoms with Gasteiger partial charge in [-0.1, -0.05) is 30.3 Å². The molecule has 2 atom stereocenters. The lowest BCUT2D eigenvalue weighted by Crippen LogP contribution is -2.11. The molecule has 2 unspecified atom stereocenters. The lowest BCUT2D eigenvalue weighted by Gasteiger charge is -2.09. The fourth-order valence-corrected chi connectivity index (χ4v) is 2.63. The maximum Gasteiger partial charge on any atom is 0.310 e. The number of carboxylic acid groups (broad SMARTS) is 2. The SMILES string of the molecule is CC(C(=O)O)c1c2cccccc-2c(C(C)C(=O)O)c1N. The van der Waals surface area contributed by atoms with Crippen LogP contribution in [0.15, 0.2) is 30.3 Å². The summed E-state index contributed by atoms with van der Waals surface area (Å²) in [5.74, 6) is -3.58. The Morgan fingerprint density at radius 2 is 1.29 bits per heavy atom. The van der Waals surface area contributed by atoms with Crippen molar-refractivity contribution in [3.05, 3.63) is 41.5 Å². The van der Waals surface area contributed by atoms with Crippen LogP contribution in [0.25, 0.3) is 11.1 Å². The summed E-state index contributed by atoms with van der Waals surface area (Å²) in [5.41, 5.74) is 8.72. The van der Waals surface area contributed by atoms with Gasteiger partial charge in [-0.3, -0.25) is 9.59 Å². The Morgan fingerprint density at radius 1 is 0.905 bits per heavy atom. The number of hydrogen-bond acceptors (Lipinski definition) is 3. The Labute approximate surface area is 122 Å². The maximum atomic E-state index is 11.3. The summed E-state index contributed by atoms with van der Waals surface area (Å²) >= 11 is 0. The van der Waals surface area contributed by atoms with Crippen molar-refractivity contribution in [1.82, 2.24) is 0 Å². The molecule has 2 aliphatic rings. The van der Waals surface area contributed by atoms with Crippen molar-refractivity contribution in [2.75, 3.05) is 5.73 Å². The summed E-state index contributed by atoms with van der Waals surface area (Å²) in [5, 5.41) is 18.5. The van der Waals surface area contributed by atoms with Crippen LogP contribution >= 0.6 is 0 Å². The number of hydrogen-bond donors (Lipinski definition) is 3. The van der Waals surface area contributed by atoms with Gasteiger partial charge in [-0.05, 0) is 36.1 Å². The Balaban J connectivity index is 2.80. The molecule has 0 bridgehead atoms. The molecule has 0 aromatic rings. The number of nitrogens with two attached hydrogens (primary N) is 1. The highest BCUT2D eigenvalue weighted by Crippen LogP contribution is 2.45. The minimum atomic E-state index is -0.991. The topological polar surface area (TPSA) is 101 Å². The quantitative estimate of drug-likeness (QED) is 0.802. The highest BCUT2D eigenvalue weighted by atomic mass is 16.4. The third kappa shape index (κ3) is 2.42. The number of anilines is 1. The molecule has 0 fully saturated rings. The molecule has 5 nitrogen and oxygen atoms in total. The van der Waals surface area contributed by atoms with Crippen molar-refractivity contribution in [3.8, 4) is 11.1 Å². The van der Waals surface area contributed by atoms with Crippen LogP contribution in [0.4, 0.5) is 5.69 Å². The van der Waals surface area contributed by atoms with E-state index in [0.717, 1.165) is 0 Å². The van der Waals surface area contributed by atoms with E-state index in [0.29, 0.717) is 22.3 Å². The molecule has 0 saturated carbocycles. The largest absolute Gasteiger partial charge is 0.481 e. The van der Waals surface area contributed by atoms with E-state index in [1.54, 1.807) is 44.2 Å². The summed E-state index contributed by atoms with van der Waals surface area (Å²) in [7, 11) is 0. The molecule has 0 aromatic carbocycles. The Morgan fingerprint density at radius 3 is 1.62 bits per heavy atom. The van der Waals surface area contributed by atoms with E-state index >= 15 is 0 Å². The zero-order valence-electron chi connectivity index (χ0n) is 11.8. The average molecular weight is 287 g/mol. The van der Waals surface area contributed by atoms with Crippen LogP contribution in [0.3, 0.4) is 0 Å². The fourth-order valence-electron chi connectivity index (χ4n) is 2.63. The van der Waals surface area contributed by atoms with Gasteiger partial charge in [0, 0.05) is 5.69 Å². The van der Waals surface area contributed by atoms with Gasteiger partial charge in [0.2, 0.25) is 0 Å². The second kappa shape index (κ2) is 5.44. The fraction of sp³-hybridized carbons (Fsp3) is 0.250. The van der Waals surface area contributed by atoms with E-state index < -0.39 is 23.8 Å². The molecule has 0 aromatic heterocycles. The lowest BCUT2D eigenvalue weighted by atomic mass is 9.97. The lowest BCUT2D eigenvalue weighted by molar-refractivity contribution is -0.139. The molecule has 2 aliphatic carbocycles. The molecular formula is C16H17NO4. The van der Waals surface area contributed by atoms with Crippen molar-refractivity contribution >= 4 is 17.6 Å². The normalized spacial score (nSPS) is 13.8. The van der Waals surface area contributed by atoms with E-state index in [4.69, 9.17) is 5.73 Å². The molecule has 5 heteroatoms. The zero-order chi connectivity index (χ0) is 15.7. The van der Waals surface area contributed by atoms with E-state index in [1.165, 1.54) is 0 Å². The molecule has 0 radical (unpaired) electrons. The Kier molecular flexibility index (Phi) is 3.84. The van der Waals surface area contributed by atoms with Crippen molar-refractivity contribution in [3.63, 3.8) is 0 Å². The van der Waals surface area contributed by atoms with Crippen molar-refractivity contribution < 1.29 is 19.8 Å². The van der Waals surface area contributed by atoms with Gasteiger partial charge in [0.25, 0.3) is 0 Å². The summed E-state index contributed by atoms with van der Waals surface area (Å²) in [6.07, 6.45) is 0. The number of aliphatic carboxylic acids is 2. The van der Waals surface area contributed by atoms with Crippen molar-refractivity contribution in [1.29, 1.82) is 0 Å². The molecule has 110 valence electrons. The van der Waals surface area contributed by atoms with Crippen LogP contribution in [0, 0.1) is 0 Å². The second-order valence-electron chi connectivity index (χ2n) is 5.10. The highest BCUT2D eigenvalue weighted by molar-refractivity contribution is 5.95. The molecule has 21 heavy (non-hydrogen) atoms. The molecule has 0 heterocycles. The third-order valence-electron chi connectivity index (χ3n) is 3.81. The van der Waals surface area contributed by atoms with Crippen molar-refractivity contribution in [2.45, 2.75) is 25.7 Å². The standard InChI is InChI=1S/C16H17NO4/c1-8(15(18)19)12-10-6-4-3-5-7-11(10)13(14(12)17)9(2)16(20)21/h3-9H,17H2,1-2H3,(H,18,19)(H,20,21). The van der Waals surface area contributed by atoms with Crippen LogP contribution in [0.1, 0.15) is 36.8 Å². The molecule has 0 aliphatic heterocycles. The maximum absolute atomic E-state index is 11.3. The monoisotopic (exact) mass is 287 g/mol. The summed E-state index contributed by atoms with van der Waals surface area (Å²) in [6, 6.07) is 8.93. The molecule has 0 saturated heterocycles. The van der Waals surface area contributed by atoms with Gasteiger partial charge < -0.3 is 15.9 Å². The van der Waals surface area contributed by atoms with Crippen LogP contribution in [-0.4, -0.2) is 22.2 Å². The third-order valence-corrected chi connectivity index (χ3v) is 3.81. The minimum absolute atomic E-state index is 0.265. The van der Waals surface area contributed by atoms with Gasteiger partial charge in [0.1, 0.15) is 0 Å². The second-order valence-corrected chi connectivity index (χ2v) is 5.10. The van der Waals surface area contributed by atoms with E-state index in [2.05, 4.69) is 0 Å². The molecular weight excluding hydrogens is 270 g/mol. The Hall–Kier alpha value is -2.56. The smallest absolute Gasteiger partial charge is 0.310 e. The van der Waals surface area contributed by atoms with Crippen LogP contribution in [-0.2, 0) is 9.59 Å². The van der Waals surface area contributed by atoms with Crippen LogP contribution in [0.5, 0.6) is 0 Å². The Bertz CT molecular complexity index is 626. The minimum Gasteiger partial charge on any atom is -0.481 e. The van der Waals surface area contributed by atoms with Gasteiger partial charge in [-0.15, -0.1) is 0 Å². The van der Waals surface area contributed by atoms with Gasteiger partial charge in [-0.25, -0.2) is 0 Å². The van der Waals surface area contributed by atoms with Gasteiger partial charge in [0.15, 0.2) is 0 Å². The van der Waals surface area contributed by atoms with Crippen LogP contribution < -0.4 is 5.73 Å². The zero-order valence-corrected chi connectivity index (χ0v) is 11.8. The first-order valence-electron chi connectivity index (χ1n) is 6.61. The number of rotatable bonds is 4. The number of carboxylic acids is 2. The van der Waals surface area contributed by atoms with Crippen molar-refractivity contribution in [2.24, 2.45) is 0 Å². The summed E-state index contributed by atoms with van der Waals surface area (Å²) in [4.78, 5) is 22.6. The summed E-state index contributed by atoms with van der Waals surface area (Å²) in [6.45, 7) is 3.10. The molecule has 0 amide bonds. The number of carbonyl (C=O) groups is 2. The predicted molar refractivity (Wildman–Crippen MR) is 79.6 cm³/mol. The molecule has 0 spiro atoms. The first-order chi connectivity index (χ1) is 9.86. The number of nitrogen functional groups attached to an aromatic ring is 1. The van der Waals surface area contributed by atoms with Gasteiger partial charge in [0.05, 0.1) is 11.8 Å². The highest BCUT2D eigenvalue weighted by Gasteiger charge is 2.31. The van der Waals surface area contributed by atoms with Gasteiger partial charge >= 0.3 is 11.9 Å². The average Bonchev–Trinajstić information content (AvgIpc) is 2.57. The molecule has 2 rings (SSSR count). The first kappa shape index (κ1) is 14.8. The van der Waals surface area contributed by atoms with Gasteiger partial charge in [-0.2, -0.15) is 0 Å². The van der Waals surface area contributed by atoms with E-state index in [-0.39, 0.29) is 5.69 Å². The molecule has 4 N–H and O–H groups in total. The first-order valence-corrected chi connectivity index (χ1v) is 6.61. The predicted octanol–water partition coefficient (Wildman–Crippen LogP) is 2.75.